The average molecular weight is 386 g/mol. The quantitative estimate of drug-likeness (QED) is 0.824. The molecule has 5 nitrogen and oxygen atoms in total. The molecule has 1 aromatic heterocycles. The van der Waals surface area contributed by atoms with E-state index in [1.54, 1.807) is 5.38 Å². The minimum atomic E-state index is -4.52. The van der Waals surface area contributed by atoms with Crippen molar-refractivity contribution in [2.24, 2.45) is 11.8 Å². The van der Waals surface area contributed by atoms with Gasteiger partial charge in [0.05, 0.1) is 17.5 Å². The van der Waals surface area contributed by atoms with Crippen LogP contribution in [0.2, 0.25) is 0 Å². The molecule has 0 aliphatic carbocycles. The van der Waals surface area contributed by atoms with E-state index in [1.807, 2.05) is 30.3 Å². The van der Waals surface area contributed by atoms with Gasteiger partial charge >= 0.3 is 12.1 Å². The third kappa shape index (κ3) is 4.53. The first-order valence-corrected chi connectivity index (χ1v) is 8.84. The van der Waals surface area contributed by atoms with E-state index < -0.39 is 24.0 Å². The number of aliphatic carboxylic acids is 1. The number of para-hydroxylation sites is 1. The predicted octanol–water partition coefficient (Wildman–Crippen LogP) is 3.42. The minimum Gasteiger partial charge on any atom is -0.486 e. The number of thiazole rings is 1. The van der Waals surface area contributed by atoms with E-state index in [0.29, 0.717) is 16.5 Å². The molecule has 1 saturated heterocycles. The topological polar surface area (TPSA) is 62.7 Å². The van der Waals surface area contributed by atoms with Crippen LogP contribution in [-0.2, 0) is 17.9 Å². The summed E-state index contributed by atoms with van der Waals surface area (Å²) in [6, 6.07) is 9.23. The van der Waals surface area contributed by atoms with Gasteiger partial charge < -0.3 is 9.84 Å². The lowest BCUT2D eigenvalue weighted by Crippen LogP contribution is -2.33. The monoisotopic (exact) mass is 386 g/mol. The van der Waals surface area contributed by atoms with E-state index in [9.17, 15) is 18.0 Å². The van der Waals surface area contributed by atoms with Crippen LogP contribution < -0.4 is 4.74 Å². The molecule has 0 amide bonds. The number of alkyl halides is 3. The van der Waals surface area contributed by atoms with Crippen molar-refractivity contribution < 1.29 is 27.8 Å². The molecular weight excluding hydrogens is 369 g/mol. The molecule has 3 rings (SSSR count). The largest absolute Gasteiger partial charge is 0.486 e. The lowest BCUT2D eigenvalue weighted by Gasteiger charge is -2.18. The highest BCUT2D eigenvalue weighted by Gasteiger charge is 2.52. The molecule has 1 aliphatic heterocycles. The Labute approximate surface area is 152 Å². The van der Waals surface area contributed by atoms with Crippen LogP contribution in [0.5, 0.6) is 5.75 Å². The van der Waals surface area contributed by atoms with Crippen LogP contribution in [0, 0.1) is 11.8 Å². The van der Waals surface area contributed by atoms with Gasteiger partial charge in [-0.05, 0) is 12.1 Å². The Morgan fingerprint density at radius 2 is 2.04 bits per heavy atom. The molecule has 1 aromatic carbocycles. The molecule has 2 aromatic rings. The number of rotatable bonds is 6. The highest BCUT2D eigenvalue weighted by molar-refractivity contribution is 7.09. The predicted molar refractivity (Wildman–Crippen MR) is 88.8 cm³/mol. The van der Waals surface area contributed by atoms with Crippen molar-refractivity contribution in [3.63, 3.8) is 0 Å². The Morgan fingerprint density at radius 1 is 1.31 bits per heavy atom. The number of likely N-dealkylation sites (tertiary alicyclic amines) is 1. The van der Waals surface area contributed by atoms with Gasteiger partial charge in [-0.25, -0.2) is 4.98 Å². The van der Waals surface area contributed by atoms with E-state index >= 15 is 0 Å². The second kappa shape index (κ2) is 7.63. The van der Waals surface area contributed by atoms with Crippen molar-refractivity contribution in [3.05, 3.63) is 46.4 Å². The zero-order valence-corrected chi connectivity index (χ0v) is 14.5. The summed E-state index contributed by atoms with van der Waals surface area (Å²) in [5.74, 6) is -3.99. The van der Waals surface area contributed by atoms with Crippen molar-refractivity contribution in [2.45, 2.75) is 19.3 Å². The van der Waals surface area contributed by atoms with Crippen molar-refractivity contribution in [1.29, 1.82) is 0 Å². The number of carbonyl (C=O) groups is 1. The van der Waals surface area contributed by atoms with Gasteiger partial charge in [-0.15, -0.1) is 11.3 Å². The zero-order valence-electron chi connectivity index (χ0n) is 13.6. The highest BCUT2D eigenvalue weighted by atomic mass is 32.1. The van der Waals surface area contributed by atoms with Crippen LogP contribution in [0.3, 0.4) is 0 Å². The maximum atomic E-state index is 13.0. The number of halogens is 3. The van der Waals surface area contributed by atoms with E-state index in [4.69, 9.17) is 9.84 Å². The molecular formula is C17H17F3N2O3S. The number of nitrogens with zero attached hydrogens (tertiary/aromatic N) is 2. The van der Waals surface area contributed by atoms with E-state index in [-0.39, 0.29) is 26.2 Å². The van der Waals surface area contributed by atoms with Gasteiger partial charge in [0.15, 0.2) is 0 Å². The Hall–Kier alpha value is -2.13. The highest BCUT2D eigenvalue weighted by Crippen LogP contribution is 2.38. The van der Waals surface area contributed by atoms with Gasteiger partial charge in [-0.2, -0.15) is 13.2 Å². The van der Waals surface area contributed by atoms with Crippen LogP contribution in [-0.4, -0.2) is 40.2 Å². The summed E-state index contributed by atoms with van der Waals surface area (Å²) in [7, 11) is 0. The minimum absolute atomic E-state index is 0.132. The number of aromatic nitrogens is 1. The second-order valence-corrected chi connectivity index (χ2v) is 7.06. The number of carboxylic acids is 1. The molecule has 0 saturated carbocycles. The second-order valence-electron chi connectivity index (χ2n) is 6.12. The zero-order chi connectivity index (χ0) is 18.7. The van der Waals surface area contributed by atoms with Gasteiger partial charge in [0.1, 0.15) is 17.4 Å². The summed E-state index contributed by atoms with van der Waals surface area (Å²) in [4.78, 5) is 17.0. The fraction of sp³-hybridized carbons (Fsp3) is 0.412. The molecule has 2 atom stereocenters. The molecule has 1 fully saturated rings. The lowest BCUT2D eigenvalue weighted by atomic mass is 9.96. The molecule has 26 heavy (non-hydrogen) atoms. The number of hydrogen-bond acceptors (Lipinski definition) is 5. The van der Waals surface area contributed by atoms with Crippen molar-refractivity contribution >= 4 is 17.3 Å². The van der Waals surface area contributed by atoms with Crippen molar-refractivity contribution in [2.75, 3.05) is 13.1 Å². The van der Waals surface area contributed by atoms with Gasteiger partial charge in [0.2, 0.25) is 0 Å². The maximum Gasteiger partial charge on any atom is 0.393 e. The molecule has 1 aliphatic rings. The fourth-order valence-electron chi connectivity index (χ4n) is 2.98. The molecule has 0 unspecified atom stereocenters. The summed E-state index contributed by atoms with van der Waals surface area (Å²) < 4.78 is 44.7. The van der Waals surface area contributed by atoms with Gasteiger partial charge in [0, 0.05) is 25.0 Å². The van der Waals surface area contributed by atoms with Crippen LogP contribution in [0.4, 0.5) is 13.2 Å². The normalized spacial score (nSPS) is 21.0. The van der Waals surface area contributed by atoms with E-state index in [1.165, 1.54) is 16.2 Å². The standard InChI is InChI=1S/C17H17F3N2O3S/c18-17(19,20)14-8-22(7-13(14)16(23)24)6-11-10-26-15(21-11)9-25-12-4-2-1-3-5-12/h1-5,10,13-14H,6-9H2,(H,23,24)/t13-,14-/m1/s1. The fourth-order valence-corrected chi connectivity index (χ4v) is 3.67. The van der Waals surface area contributed by atoms with Gasteiger partial charge in [-0.3, -0.25) is 9.69 Å². The van der Waals surface area contributed by atoms with E-state index in [0.717, 1.165) is 0 Å². The number of benzene rings is 1. The summed E-state index contributed by atoms with van der Waals surface area (Å²) >= 11 is 1.36. The molecule has 0 spiro atoms. The third-order valence-corrected chi connectivity index (χ3v) is 5.09. The molecule has 140 valence electrons. The summed E-state index contributed by atoms with van der Waals surface area (Å²) in [6.07, 6.45) is -4.52. The average Bonchev–Trinajstić information content (AvgIpc) is 3.21. The van der Waals surface area contributed by atoms with Crippen LogP contribution in [0.1, 0.15) is 10.7 Å². The van der Waals surface area contributed by atoms with E-state index in [2.05, 4.69) is 4.98 Å². The van der Waals surface area contributed by atoms with Crippen LogP contribution in [0.15, 0.2) is 35.7 Å². The molecule has 0 bridgehead atoms. The Bertz CT molecular complexity index is 751. The Balaban J connectivity index is 1.58. The van der Waals surface area contributed by atoms with Gasteiger partial charge in [-0.1, -0.05) is 18.2 Å². The summed E-state index contributed by atoms with van der Waals surface area (Å²) in [5, 5.41) is 11.5. The maximum absolute atomic E-state index is 13.0. The smallest absolute Gasteiger partial charge is 0.393 e. The number of ether oxygens (including phenoxy) is 1. The first-order valence-electron chi connectivity index (χ1n) is 7.96. The summed E-state index contributed by atoms with van der Waals surface area (Å²) in [6.45, 7) is 0.0104. The molecule has 1 N–H and O–H groups in total. The summed E-state index contributed by atoms with van der Waals surface area (Å²) in [5.41, 5.74) is 0.619. The molecule has 9 heteroatoms. The Kier molecular flexibility index (Phi) is 5.47. The molecule has 2 heterocycles. The van der Waals surface area contributed by atoms with Gasteiger partial charge in [0.25, 0.3) is 0 Å². The third-order valence-electron chi connectivity index (χ3n) is 4.22. The number of hydrogen-bond donors (Lipinski definition) is 1. The van der Waals surface area contributed by atoms with Crippen molar-refractivity contribution in [3.8, 4) is 5.75 Å². The van der Waals surface area contributed by atoms with Crippen molar-refractivity contribution in [1.82, 2.24) is 9.88 Å². The van der Waals surface area contributed by atoms with Crippen LogP contribution in [0.25, 0.3) is 0 Å². The van der Waals surface area contributed by atoms with Crippen LogP contribution >= 0.6 is 11.3 Å². The Morgan fingerprint density at radius 3 is 2.65 bits per heavy atom. The SMILES string of the molecule is O=C(O)[C@@H]1CN(Cc2csc(COc3ccccc3)n2)C[C@H]1C(F)(F)F. The first-order chi connectivity index (χ1) is 12.3. The lowest BCUT2D eigenvalue weighted by molar-refractivity contribution is -0.188. The first kappa shape index (κ1) is 18.7. The molecule has 0 radical (unpaired) electrons. The number of carboxylic acid groups (broad SMARTS) is 1.